The summed E-state index contributed by atoms with van der Waals surface area (Å²) in [5.74, 6) is -0.228. The lowest BCUT2D eigenvalue weighted by Crippen LogP contribution is -2.46. The highest BCUT2D eigenvalue weighted by atomic mass is 16.4. The SMILES string of the molecule is CC12CCC(C1)C(C)(C)C2Nc1c(N)cccc1C(=O)O. The number of nitrogens with one attached hydrogen (secondary N) is 1. The summed E-state index contributed by atoms with van der Waals surface area (Å²) >= 11 is 0. The number of hydrogen-bond acceptors (Lipinski definition) is 3. The molecule has 1 aromatic rings. The molecule has 0 heterocycles. The van der Waals surface area contributed by atoms with Crippen molar-refractivity contribution >= 4 is 17.3 Å². The van der Waals surface area contributed by atoms with E-state index in [1.807, 2.05) is 0 Å². The van der Waals surface area contributed by atoms with Gasteiger partial charge in [-0.2, -0.15) is 0 Å². The Labute approximate surface area is 125 Å². The Balaban J connectivity index is 1.99. The predicted molar refractivity (Wildman–Crippen MR) is 84.5 cm³/mol. The molecule has 0 aliphatic heterocycles. The van der Waals surface area contributed by atoms with Crippen LogP contribution in [0.4, 0.5) is 11.4 Å². The highest BCUT2D eigenvalue weighted by Gasteiger charge is 2.59. The van der Waals surface area contributed by atoms with Crippen molar-refractivity contribution in [2.24, 2.45) is 16.7 Å². The van der Waals surface area contributed by atoms with E-state index in [1.54, 1.807) is 18.2 Å². The fourth-order valence-electron chi connectivity index (χ4n) is 4.72. The van der Waals surface area contributed by atoms with Gasteiger partial charge in [0.15, 0.2) is 0 Å². The Bertz CT molecular complexity index is 592. The molecule has 2 aliphatic carbocycles. The van der Waals surface area contributed by atoms with Gasteiger partial charge in [0.1, 0.15) is 0 Å². The third kappa shape index (κ3) is 2.00. The second kappa shape index (κ2) is 4.39. The van der Waals surface area contributed by atoms with Crippen LogP contribution >= 0.6 is 0 Å². The standard InChI is InChI=1S/C17H24N2O2/c1-16(2)10-7-8-17(3,9-10)15(16)19-13-11(14(20)21)5-4-6-12(13)18/h4-6,10,15,19H,7-9,18H2,1-3H3,(H,20,21). The van der Waals surface area contributed by atoms with Crippen molar-refractivity contribution in [3.8, 4) is 0 Å². The number of carbonyl (C=O) groups is 1. The quantitative estimate of drug-likeness (QED) is 0.743. The summed E-state index contributed by atoms with van der Waals surface area (Å²) < 4.78 is 0. The van der Waals surface area contributed by atoms with Crippen molar-refractivity contribution in [2.75, 3.05) is 11.1 Å². The average Bonchev–Trinajstić information content (AvgIpc) is 2.87. The van der Waals surface area contributed by atoms with Gasteiger partial charge < -0.3 is 16.2 Å². The zero-order valence-corrected chi connectivity index (χ0v) is 12.9. The molecule has 2 saturated carbocycles. The first-order chi connectivity index (χ1) is 9.75. The Hall–Kier alpha value is -1.71. The van der Waals surface area contributed by atoms with Crippen LogP contribution < -0.4 is 11.1 Å². The van der Waals surface area contributed by atoms with Crippen LogP contribution in [0.25, 0.3) is 0 Å². The first-order valence-corrected chi connectivity index (χ1v) is 7.64. The summed E-state index contributed by atoms with van der Waals surface area (Å²) in [5, 5.41) is 12.9. The zero-order valence-electron chi connectivity index (χ0n) is 12.9. The van der Waals surface area contributed by atoms with Gasteiger partial charge >= 0.3 is 5.97 Å². The van der Waals surface area contributed by atoms with Gasteiger partial charge in [0.2, 0.25) is 0 Å². The minimum absolute atomic E-state index is 0.158. The van der Waals surface area contributed by atoms with Gasteiger partial charge in [0, 0.05) is 6.04 Å². The molecule has 2 aliphatic rings. The molecule has 3 unspecified atom stereocenters. The van der Waals surface area contributed by atoms with E-state index in [0.29, 0.717) is 17.3 Å². The number of fused-ring (bicyclic) bond motifs is 2. The molecule has 2 fully saturated rings. The topological polar surface area (TPSA) is 75.3 Å². The first-order valence-electron chi connectivity index (χ1n) is 7.64. The zero-order chi connectivity index (χ0) is 15.4. The fourth-order valence-corrected chi connectivity index (χ4v) is 4.72. The van der Waals surface area contributed by atoms with Gasteiger partial charge in [-0.3, -0.25) is 0 Å². The third-order valence-electron chi connectivity index (χ3n) is 5.89. The van der Waals surface area contributed by atoms with E-state index in [0.717, 1.165) is 0 Å². The smallest absolute Gasteiger partial charge is 0.337 e. The monoisotopic (exact) mass is 288 g/mol. The number of carboxylic acids is 1. The van der Waals surface area contributed by atoms with E-state index in [2.05, 4.69) is 26.1 Å². The summed E-state index contributed by atoms with van der Waals surface area (Å²) in [5.41, 5.74) is 7.78. The molecule has 0 spiro atoms. The lowest BCUT2D eigenvalue weighted by atomic mass is 9.68. The number of rotatable bonds is 3. The van der Waals surface area contributed by atoms with E-state index in [-0.39, 0.29) is 22.4 Å². The van der Waals surface area contributed by atoms with Crippen LogP contribution in [0.2, 0.25) is 0 Å². The second-order valence-electron chi connectivity index (χ2n) is 7.57. The van der Waals surface area contributed by atoms with E-state index < -0.39 is 5.97 Å². The summed E-state index contributed by atoms with van der Waals surface area (Å²) in [4.78, 5) is 11.5. The maximum atomic E-state index is 11.5. The Kier molecular flexibility index (Phi) is 2.98. The molecular formula is C17H24N2O2. The highest BCUT2D eigenvalue weighted by Crippen LogP contribution is 2.63. The van der Waals surface area contributed by atoms with Crippen LogP contribution in [0.3, 0.4) is 0 Å². The maximum Gasteiger partial charge on any atom is 0.337 e. The van der Waals surface area contributed by atoms with E-state index >= 15 is 0 Å². The van der Waals surface area contributed by atoms with Gasteiger partial charge in [-0.05, 0) is 48.1 Å². The number of aromatic carboxylic acids is 1. The fraction of sp³-hybridized carbons (Fsp3) is 0.588. The molecule has 114 valence electrons. The normalized spacial score (nSPS) is 33.1. The van der Waals surface area contributed by atoms with E-state index in [1.165, 1.54) is 19.3 Å². The molecule has 4 nitrogen and oxygen atoms in total. The average molecular weight is 288 g/mol. The van der Waals surface area contributed by atoms with Crippen LogP contribution in [-0.4, -0.2) is 17.1 Å². The summed E-state index contributed by atoms with van der Waals surface area (Å²) in [6, 6.07) is 5.32. The lowest BCUT2D eigenvalue weighted by Gasteiger charge is -2.44. The van der Waals surface area contributed by atoms with Crippen molar-refractivity contribution in [3.63, 3.8) is 0 Å². The Morgan fingerprint density at radius 3 is 2.67 bits per heavy atom. The van der Waals surface area contributed by atoms with Gasteiger partial charge in [-0.1, -0.05) is 26.8 Å². The van der Waals surface area contributed by atoms with Crippen LogP contribution in [-0.2, 0) is 0 Å². The van der Waals surface area contributed by atoms with Crippen molar-refractivity contribution in [1.29, 1.82) is 0 Å². The third-order valence-corrected chi connectivity index (χ3v) is 5.89. The van der Waals surface area contributed by atoms with Crippen molar-refractivity contribution in [2.45, 2.75) is 46.1 Å². The van der Waals surface area contributed by atoms with Crippen molar-refractivity contribution in [1.82, 2.24) is 0 Å². The predicted octanol–water partition coefficient (Wildman–Crippen LogP) is 3.59. The number of para-hydroxylation sites is 1. The highest BCUT2D eigenvalue weighted by molar-refractivity contribution is 5.97. The van der Waals surface area contributed by atoms with Gasteiger partial charge in [-0.25, -0.2) is 4.79 Å². The largest absolute Gasteiger partial charge is 0.478 e. The van der Waals surface area contributed by atoms with Gasteiger partial charge in [0.05, 0.1) is 16.9 Å². The van der Waals surface area contributed by atoms with Crippen LogP contribution in [0, 0.1) is 16.7 Å². The molecule has 21 heavy (non-hydrogen) atoms. The Morgan fingerprint density at radius 1 is 1.38 bits per heavy atom. The minimum atomic E-state index is -0.934. The number of nitrogens with two attached hydrogens (primary N) is 1. The van der Waals surface area contributed by atoms with Gasteiger partial charge in [-0.15, -0.1) is 0 Å². The number of anilines is 2. The molecule has 4 heteroatoms. The molecule has 3 rings (SSSR count). The maximum absolute atomic E-state index is 11.5. The molecule has 0 amide bonds. The Morgan fingerprint density at radius 2 is 2.10 bits per heavy atom. The van der Waals surface area contributed by atoms with Crippen LogP contribution in [0.5, 0.6) is 0 Å². The van der Waals surface area contributed by atoms with Crippen molar-refractivity contribution in [3.05, 3.63) is 23.8 Å². The van der Waals surface area contributed by atoms with Crippen molar-refractivity contribution < 1.29 is 9.90 Å². The number of benzene rings is 1. The van der Waals surface area contributed by atoms with Gasteiger partial charge in [0.25, 0.3) is 0 Å². The lowest BCUT2D eigenvalue weighted by molar-refractivity contribution is 0.0697. The molecule has 1 aromatic carbocycles. The number of nitrogen functional groups attached to an aromatic ring is 1. The van der Waals surface area contributed by atoms with Crippen LogP contribution in [0.15, 0.2) is 18.2 Å². The molecule has 3 atom stereocenters. The summed E-state index contributed by atoms with van der Waals surface area (Å²) in [6.45, 7) is 6.90. The molecule has 0 saturated heterocycles. The summed E-state index contributed by atoms with van der Waals surface area (Å²) in [7, 11) is 0. The van der Waals surface area contributed by atoms with E-state index in [4.69, 9.17) is 5.73 Å². The second-order valence-corrected chi connectivity index (χ2v) is 7.57. The summed E-state index contributed by atoms with van der Waals surface area (Å²) in [6.07, 6.45) is 3.69. The minimum Gasteiger partial charge on any atom is -0.478 e. The molecular weight excluding hydrogens is 264 g/mol. The van der Waals surface area contributed by atoms with Crippen LogP contribution in [0.1, 0.15) is 50.4 Å². The molecule has 2 bridgehead atoms. The number of hydrogen-bond donors (Lipinski definition) is 3. The molecule has 0 aromatic heterocycles. The molecule has 0 radical (unpaired) electrons. The molecule has 4 N–H and O–H groups in total. The van der Waals surface area contributed by atoms with E-state index in [9.17, 15) is 9.90 Å². The first kappa shape index (κ1) is 14.2. The number of carboxylic acid groups (broad SMARTS) is 1.